The van der Waals surface area contributed by atoms with Gasteiger partial charge in [-0.1, -0.05) is 42.5 Å². The van der Waals surface area contributed by atoms with Crippen molar-refractivity contribution in [2.45, 2.75) is 13.0 Å². The minimum absolute atomic E-state index is 0.802. The van der Waals surface area contributed by atoms with Crippen molar-refractivity contribution in [2.75, 3.05) is 11.4 Å². The van der Waals surface area contributed by atoms with Crippen molar-refractivity contribution in [3.63, 3.8) is 0 Å². The molecule has 2 aromatic rings. The fraction of sp³-hybridized carbons (Fsp3) is 0.188. The lowest BCUT2D eigenvalue weighted by atomic mass is 9.96. The molecule has 18 heavy (non-hydrogen) atoms. The van der Waals surface area contributed by atoms with E-state index in [9.17, 15) is 0 Å². The monoisotopic (exact) mass is 234 g/mol. The normalized spacial score (nSPS) is 16.4. The first-order chi connectivity index (χ1) is 8.93. The van der Waals surface area contributed by atoms with Crippen molar-refractivity contribution < 1.29 is 0 Å². The first-order valence-corrected chi connectivity index (χ1v) is 6.42. The molecule has 0 saturated carbocycles. The van der Waals surface area contributed by atoms with Crippen LogP contribution >= 0.6 is 0 Å². The third kappa shape index (κ3) is 1.32. The van der Waals surface area contributed by atoms with Crippen molar-refractivity contribution in [3.05, 3.63) is 65.2 Å². The van der Waals surface area contributed by atoms with Gasteiger partial charge in [-0.25, -0.2) is 0 Å². The van der Waals surface area contributed by atoms with Crippen LogP contribution in [0.3, 0.4) is 0 Å². The highest BCUT2D eigenvalue weighted by Gasteiger charge is 2.27. The van der Waals surface area contributed by atoms with E-state index in [2.05, 4.69) is 53.4 Å². The second-order valence-electron chi connectivity index (χ2n) is 4.83. The Bertz CT molecular complexity index is 643. The number of hydrogen-bond acceptors (Lipinski definition) is 2. The summed E-state index contributed by atoms with van der Waals surface area (Å²) in [6.45, 7) is 1.84. The van der Waals surface area contributed by atoms with E-state index in [0.29, 0.717) is 0 Å². The van der Waals surface area contributed by atoms with E-state index in [1.165, 1.54) is 22.4 Å². The van der Waals surface area contributed by atoms with Crippen LogP contribution in [0.25, 0.3) is 0 Å². The maximum absolute atomic E-state index is 4.78. The number of aliphatic imine (C=N–C) groups is 1. The van der Waals surface area contributed by atoms with E-state index < -0.39 is 0 Å². The van der Waals surface area contributed by atoms with Crippen LogP contribution in [-0.4, -0.2) is 12.4 Å². The van der Waals surface area contributed by atoms with Crippen molar-refractivity contribution in [1.82, 2.24) is 0 Å². The van der Waals surface area contributed by atoms with Gasteiger partial charge >= 0.3 is 0 Å². The standard InChI is InChI=1S/C16H14N2/c1-3-7-14-12(5-1)9-10-18-15-8-4-2-6-13(15)11-17-16(14)18/h1-8H,9-11H2. The van der Waals surface area contributed by atoms with Crippen molar-refractivity contribution in [2.24, 2.45) is 4.99 Å². The summed E-state index contributed by atoms with van der Waals surface area (Å²) in [7, 11) is 0. The second kappa shape index (κ2) is 3.70. The van der Waals surface area contributed by atoms with Gasteiger partial charge in [-0.2, -0.15) is 0 Å². The summed E-state index contributed by atoms with van der Waals surface area (Å²) < 4.78 is 0. The molecule has 88 valence electrons. The Morgan fingerprint density at radius 3 is 2.61 bits per heavy atom. The highest BCUT2D eigenvalue weighted by Crippen LogP contribution is 2.31. The number of anilines is 1. The molecule has 0 spiro atoms. The molecule has 0 amide bonds. The zero-order valence-electron chi connectivity index (χ0n) is 10.1. The first kappa shape index (κ1) is 9.89. The van der Waals surface area contributed by atoms with Crippen LogP contribution < -0.4 is 4.90 Å². The number of rotatable bonds is 0. The lowest BCUT2D eigenvalue weighted by Crippen LogP contribution is -2.40. The molecule has 4 rings (SSSR count). The van der Waals surface area contributed by atoms with E-state index >= 15 is 0 Å². The van der Waals surface area contributed by atoms with Gasteiger partial charge in [0, 0.05) is 17.8 Å². The van der Waals surface area contributed by atoms with Gasteiger partial charge in [-0.3, -0.25) is 4.99 Å². The van der Waals surface area contributed by atoms with Crippen molar-refractivity contribution >= 4 is 11.5 Å². The van der Waals surface area contributed by atoms with Crippen LogP contribution in [0.2, 0.25) is 0 Å². The van der Waals surface area contributed by atoms with Gasteiger partial charge in [0.1, 0.15) is 5.84 Å². The van der Waals surface area contributed by atoms with E-state index in [1.54, 1.807) is 0 Å². The number of benzene rings is 2. The molecule has 0 aliphatic carbocycles. The third-order valence-electron chi connectivity index (χ3n) is 3.80. The maximum atomic E-state index is 4.78. The molecule has 0 fully saturated rings. The summed E-state index contributed by atoms with van der Waals surface area (Å²) in [5.74, 6) is 1.15. The lowest BCUT2D eigenvalue weighted by Gasteiger charge is -2.35. The molecular formula is C16H14N2. The van der Waals surface area contributed by atoms with Crippen LogP contribution in [-0.2, 0) is 13.0 Å². The molecular weight excluding hydrogens is 220 g/mol. The van der Waals surface area contributed by atoms with Gasteiger partial charge in [0.2, 0.25) is 0 Å². The highest BCUT2D eigenvalue weighted by molar-refractivity contribution is 6.13. The molecule has 2 heterocycles. The van der Waals surface area contributed by atoms with Crippen LogP contribution in [0.15, 0.2) is 53.5 Å². The largest absolute Gasteiger partial charge is 0.326 e. The maximum Gasteiger partial charge on any atom is 0.136 e. The molecule has 0 saturated heterocycles. The summed E-state index contributed by atoms with van der Waals surface area (Å²) in [6, 6.07) is 17.2. The molecule has 2 aliphatic rings. The Kier molecular flexibility index (Phi) is 2.04. The van der Waals surface area contributed by atoms with Crippen molar-refractivity contribution in [1.29, 1.82) is 0 Å². The molecule has 0 unspecified atom stereocenters. The molecule has 0 radical (unpaired) electrons. The minimum Gasteiger partial charge on any atom is -0.326 e. The molecule has 0 bridgehead atoms. The van der Waals surface area contributed by atoms with Crippen LogP contribution in [0.5, 0.6) is 0 Å². The second-order valence-corrected chi connectivity index (χ2v) is 4.83. The van der Waals surface area contributed by atoms with Crippen LogP contribution in [0.1, 0.15) is 16.7 Å². The third-order valence-corrected chi connectivity index (χ3v) is 3.80. The van der Waals surface area contributed by atoms with Gasteiger partial charge in [-0.05, 0) is 23.6 Å². The number of hydrogen-bond donors (Lipinski definition) is 0. The topological polar surface area (TPSA) is 15.6 Å². The van der Waals surface area contributed by atoms with E-state index in [4.69, 9.17) is 4.99 Å². The smallest absolute Gasteiger partial charge is 0.136 e. The molecule has 2 heteroatoms. The fourth-order valence-electron chi connectivity index (χ4n) is 2.91. The Morgan fingerprint density at radius 2 is 1.67 bits per heavy atom. The van der Waals surface area contributed by atoms with Gasteiger partial charge in [0.15, 0.2) is 0 Å². The fourth-order valence-corrected chi connectivity index (χ4v) is 2.91. The summed E-state index contributed by atoms with van der Waals surface area (Å²) in [6.07, 6.45) is 1.10. The van der Waals surface area contributed by atoms with E-state index in [-0.39, 0.29) is 0 Å². The van der Waals surface area contributed by atoms with Gasteiger partial charge in [0.05, 0.1) is 6.54 Å². The molecule has 2 aliphatic heterocycles. The minimum atomic E-state index is 0.802. The van der Waals surface area contributed by atoms with Crippen LogP contribution in [0.4, 0.5) is 5.69 Å². The number of amidine groups is 1. The summed E-state index contributed by atoms with van der Waals surface area (Å²) in [5, 5.41) is 0. The Balaban J connectivity index is 1.88. The predicted molar refractivity (Wildman–Crippen MR) is 74.2 cm³/mol. The summed E-state index contributed by atoms with van der Waals surface area (Å²) in [4.78, 5) is 7.14. The zero-order chi connectivity index (χ0) is 11.9. The SMILES string of the molecule is c1ccc2c(c1)CCN1C2=NCc2ccccc21. The number of fused-ring (bicyclic) bond motifs is 5. The average Bonchev–Trinajstić information content (AvgIpc) is 2.46. The predicted octanol–water partition coefficient (Wildman–Crippen LogP) is 3.01. The molecule has 0 atom stereocenters. The van der Waals surface area contributed by atoms with Crippen molar-refractivity contribution in [3.8, 4) is 0 Å². The zero-order valence-corrected chi connectivity index (χ0v) is 10.1. The summed E-state index contributed by atoms with van der Waals surface area (Å²) in [5.41, 5.74) is 5.39. The molecule has 0 aromatic heterocycles. The Labute approximate surface area is 107 Å². The first-order valence-electron chi connectivity index (χ1n) is 6.42. The van der Waals surface area contributed by atoms with E-state index in [1.807, 2.05) is 0 Å². The number of nitrogens with zero attached hydrogens (tertiary/aromatic N) is 2. The van der Waals surface area contributed by atoms with Gasteiger partial charge in [0.25, 0.3) is 0 Å². The van der Waals surface area contributed by atoms with Gasteiger partial charge in [-0.15, -0.1) is 0 Å². The number of para-hydroxylation sites is 1. The molecule has 2 aromatic carbocycles. The quantitative estimate of drug-likeness (QED) is 0.684. The highest BCUT2D eigenvalue weighted by atomic mass is 15.2. The van der Waals surface area contributed by atoms with E-state index in [0.717, 1.165) is 25.3 Å². The van der Waals surface area contributed by atoms with Gasteiger partial charge < -0.3 is 4.90 Å². The summed E-state index contributed by atoms with van der Waals surface area (Å²) >= 11 is 0. The van der Waals surface area contributed by atoms with Crippen LogP contribution in [0, 0.1) is 0 Å². The Morgan fingerprint density at radius 1 is 0.889 bits per heavy atom. The average molecular weight is 234 g/mol. The molecule has 0 N–H and O–H groups in total. The lowest BCUT2D eigenvalue weighted by molar-refractivity contribution is 0.861. The molecule has 2 nitrogen and oxygen atoms in total. The Hall–Kier alpha value is -2.09.